The van der Waals surface area contributed by atoms with Crippen molar-refractivity contribution in [3.8, 4) is 11.3 Å². The molecule has 2 aromatic heterocycles. The summed E-state index contributed by atoms with van der Waals surface area (Å²) in [6.07, 6.45) is -1.19. The Morgan fingerprint density at radius 3 is 2.64 bits per heavy atom. The molecule has 144 valence electrons. The van der Waals surface area contributed by atoms with Gasteiger partial charge in [-0.05, 0) is 39.0 Å². The van der Waals surface area contributed by atoms with Crippen molar-refractivity contribution in [1.29, 1.82) is 0 Å². The SMILES string of the molecule is CC(C)(C)OC(O)Nc1nc2cc(-c3n[nH]c(=O)c4ccccc34)ccc2[nH]1. The lowest BCUT2D eigenvalue weighted by Gasteiger charge is -2.23. The molecule has 0 bridgehead atoms. The van der Waals surface area contributed by atoms with Gasteiger partial charge in [0.25, 0.3) is 5.56 Å². The van der Waals surface area contributed by atoms with Gasteiger partial charge in [-0.15, -0.1) is 0 Å². The summed E-state index contributed by atoms with van der Waals surface area (Å²) >= 11 is 0. The zero-order chi connectivity index (χ0) is 19.9. The number of ether oxygens (including phenoxy) is 1. The maximum absolute atomic E-state index is 12.0. The summed E-state index contributed by atoms with van der Waals surface area (Å²) in [5.74, 6) is 0.392. The Balaban J connectivity index is 1.70. The third kappa shape index (κ3) is 3.60. The normalized spacial score (nSPS) is 13.1. The molecule has 0 saturated heterocycles. The van der Waals surface area contributed by atoms with Crippen LogP contribution in [0.5, 0.6) is 0 Å². The molecule has 0 aliphatic heterocycles. The van der Waals surface area contributed by atoms with Crippen LogP contribution in [0.4, 0.5) is 5.95 Å². The molecule has 4 N–H and O–H groups in total. The van der Waals surface area contributed by atoms with Gasteiger partial charge in [0, 0.05) is 10.9 Å². The largest absolute Gasteiger partial charge is 0.351 e. The number of benzene rings is 2. The molecule has 28 heavy (non-hydrogen) atoms. The van der Waals surface area contributed by atoms with Crippen LogP contribution in [0.15, 0.2) is 47.3 Å². The van der Waals surface area contributed by atoms with Gasteiger partial charge >= 0.3 is 0 Å². The molecule has 8 heteroatoms. The summed E-state index contributed by atoms with van der Waals surface area (Å²) in [5.41, 5.74) is 2.26. The van der Waals surface area contributed by atoms with Crippen LogP contribution in [0.2, 0.25) is 0 Å². The summed E-state index contributed by atoms with van der Waals surface area (Å²) in [7, 11) is 0. The van der Waals surface area contributed by atoms with E-state index in [1.807, 2.05) is 57.2 Å². The monoisotopic (exact) mass is 379 g/mol. The first-order chi connectivity index (χ1) is 13.3. The Labute approximate surface area is 160 Å². The zero-order valence-electron chi connectivity index (χ0n) is 15.8. The fraction of sp³-hybridized carbons (Fsp3) is 0.250. The van der Waals surface area contributed by atoms with Crippen LogP contribution in [-0.4, -0.2) is 37.3 Å². The third-order valence-corrected chi connectivity index (χ3v) is 4.18. The molecule has 0 fully saturated rings. The first-order valence-electron chi connectivity index (χ1n) is 8.90. The van der Waals surface area contributed by atoms with Gasteiger partial charge < -0.3 is 20.1 Å². The topological polar surface area (TPSA) is 116 Å². The predicted octanol–water partition coefficient (Wildman–Crippen LogP) is 2.97. The lowest BCUT2D eigenvalue weighted by atomic mass is 10.0. The Morgan fingerprint density at radius 1 is 1.14 bits per heavy atom. The molecular formula is C20H21N5O3. The van der Waals surface area contributed by atoms with Gasteiger partial charge in [0.2, 0.25) is 12.4 Å². The van der Waals surface area contributed by atoms with Gasteiger partial charge in [0.1, 0.15) is 0 Å². The van der Waals surface area contributed by atoms with Crippen LogP contribution in [-0.2, 0) is 4.74 Å². The van der Waals surface area contributed by atoms with Crippen LogP contribution in [0.25, 0.3) is 33.1 Å². The highest BCUT2D eigenvalue weighted by molar-refractivity contribution is 5.95. The second kappa shape index (κ2) is 6.74. The van der Waals surface area contributed by atoms with Crippen molar-refractivity contribution in [3.63, 3.8) is 0 Å². The number of hydrogen-bond acceptors (Lipinski definition) is 6. The van der Waals surface area contributed by atoms with E-state index in [0.717, 1.165) is 16.5 Å². The van der Waals surface area contributed by atoms with Crippen molar-refractivity contribution in [1.82, 2.24) is 20.2 Å². The van der Waals surface area contributed by atoms with Crippen LogP contribution in [0.3, 0.4) is 0 Å². The number of fused-ring (bicyclic) bond motifs is 2. The molecule has 0 saturated carbocycles. The first kappa shape index (κ1) is 18.1. The second-order valence-corrected chi connectivity index (χ2v) is 7.49. The summed E-state index contributed by atoms with van der Waals surface area (Å²) in [6.45, 7) is 5.55. The van der Waals surface area contributed by atoms with Crippen LogP contribution in [0, 0.1) is 0 Å². The number of anilines is 1. The summed E-state index contributed by atoms with van der Waals surface area (Å²) in [4.78, 5) is 19.6. The lowest BCUT2D eigenvalue weighted by Crippen LogP contribution is -2.32. The molecule has 1 unspecified atom stereocenters. The molecule has 4 aromatic rings. The molecule has 2 aromatic carbocycles. The van der Waals surface area contributed by atoms with E-state index in [4.69, 9.17) is 4.74 Å². The van der Waals surface area contributed by atoms with Crippen molar-refractivity contribution in [2.24, 2.45) is 0 Å². The molecule has 0 amide bonds. The number of nitrogens with zero attached hydrogens (tertiary/aromatic N) is 2. The zero-order valence-corrected chi connectivity index (χ0v) is 15.8. The van der Waals surface area contributed by atoms with Crippen molar-refractivity contribution < 1.29 is 9.84 Å². The van der Waals surface area contributed by atoms with Gasteiger partial charge in [-0.2, -0.15) is 5.10 Å². The molecular weight excluding hydrogens is 358 g/mol. The molecule has 0 aliphatic carbocycles. The van der Waals surface area contributed by atoms with E-state index in [0.29, 0.717) is 22.5 Å². The predicted molar refractivity (Wildman–Crippen MR) is 108 cm³/mol. The van der Waals surface area contributed by atoms with Crippen molar-refractivity contribution in [2.45, 2.75) is 32.8 Å². The van der Waals surface area contributed by atoms with Crippen molar-refractivity contribution in [2.75, 3.05) is 5.32 Å². The smallest absolute Gasteiger partial charge is 0.272 e. The van der Waals surface area contributed by atoms with Gasteiger partial charge in [-0.1, -0.05) is 24.3 Å². The molecule has 8 nitrogen and oxygen atoms in total. The van der Waals surface area contributed by atoms with Crippen molar-refractivity contribution in [3.05, 3.63) is 52.8 Å². The van der Waals surface area contributed by atoms with Crippen LogP contribution >= 0.6 is 0 Å². The molecule has 4 rings (SSSR count). The van der Waals surface area contributed by atoms with E-state index in [9.17, 15) is 9.90 Å². The highest BCUT2D eigenvalue weighted by atomic mass is 16.6. The van der Waals surface area contributed by atoms with Gasteiger partial charge in [-0.3, -0.25) is 4.79 Å². The number of hydrogen-bond donors (Lipinski definition) is 4. The number of nitrogens with one attached hydrogen (secondary N) is 3. The number of aromatic nitrogens is 4. The summed E-state index contributed by atoms with van der Waals surface area (Å²) < 4.78 is 5.43. The number of aliphatic hydroxyl groups excluding tert-OH is 1. The maximum atomic E-state index is 12.0. The molecule has 1 atom stereocenters. The maximum Gasteiger partial charge on any atom is 0.272 e. The molecule has 2 heterocycles. The highest BCUT2D eigenvalue weighted by Crippen LogP contribution is 2.27. The number of aromatic amines is 2. The van der Waals surface area contributed by atoms with Crippen LogP contribution in [0.1, 0.15) is 20.8 Å². The number of aliphatic hydroxyl groups is 1. The minimum absolute atomic E-state index is 0.223. The Morgan fingerprint density at radius 2 is 1.89 bits per heavy atom. The quantitative estimate of drug-likeness (QED) is 0.405. The summed E-state index contributed by atoms with van der Waals surface area (Å²) in [6, 6.07) is 13.0. The van der Waals surface area contributed by atoms with Crippen molar-refractivity contribution >= 4 is 27.8 Å². The van der Waals surface area contributed by atoms with E-state index < -0.39 is 12.0 Å². The minimum Gasteiger partial charge on any atom is -0.351 e. The van der Waals surface area contributed by atoms with E-state index >= 15 is 0 Å². The average molecular weight is 379 g/mol. The summed E-state index contributed by atoms with van der Waals surface area (Å²) in [5, 5.41) is 20.9. The Kier molecular flexibility index (Phi) is 4.37. The minimum atomic E-state index is -1.19. The lowest BCUT2D eigenvalue weighted by molar-refractivity contribution is -0.149. The average Bonchev–Trinajstić information content (AvgIpc) is 3.01. The highest BCUT2D eigenvalue weighted by Gasteiger charge is 2.17. The van der Waals surface area contributed by atoms with Gasteiger partial charge in [0.05, 0.1) is 27.7 Å². The van der Waals surface area contributed by atoms with E-state index in [-0.39, 0.29) is 5.56 Å². The van der Waals surface area contributed by atoms with Gasteiger partial charge in [0.15, 0.2) is 0 Å². The molecule has 0 radical (unpaired) electrons. The van der Waals surface area contributed by atoms with Gasteiger partial charge in [-0.25, -0.2) is 10.1 Å². The number of imidazole rings is 1. The molecule has 0 spiro atoms. The Hall–Kier alpha value is -3.23. The van der Waals surface area contributed by atoms with E-state index in [1.165, 1.54) is 0 Å². The third-order valence-electron chi connectivity index (χ3n) is 4.18. The molecule has 0 aliphatic rings. The number of rotatable bonds is 4. The second-order valence-electron chi connectivity index (χ2n) is 7.49. The number of H-pyrrole nitrogens is 2. The first-order valence-corrected chi connectivity index (χ1v) is 8.90. The van der Waals surface area contributed by atoms with E-state index in [2.05, 4.69) is 25.5 Å². The van der Waals surface area contributed by atoms with Crippen LogP contribution < -0.4 is 10.9 Å². The Bertz CT molecular complexity index is 1210. The fourth-order valence-electron chi connectivity index (χ4n) is 3.04. The standard InChI is InChI=1S/C20H21N5O3/c1-20(2,3)28-19(27)23-18-21-14-9-8-11(10-15(14)22-18)16-12-6-4-5-7-13(12)17(26)25-24-16/h4-10,19,27H,1-3H3,(H,25,26)(H2,21,22,23). The fourth-order valence-corrected chi connectivity index (χ4v) is 3.04. The van der Waals surface area contributed by atoms with E-state index in [1.54, 1.807) is 6.07 Å².